The number of halogens is 1. The number of aromatic amines is 1. The molecule has 1 aliphatic rings. The second-order valence-electron chi connectivity index (χ2n) is 7.04. The molecule has 1 fully saturated rings. The highest BCUT2D eigenvalue weighted by molar-refractivity contribution is 5.99. The highest BCUT2D eigenvalue weighted by atomic mass is 19.1. The maximum atomic E-state index is 13.7. The van der Waals surface area contributed by atoms with Crippen LogP contribution >= 0.6 is 0 Å². The van der Waals surface area contributed by atoms with Crippen LogP contribution in [0.4, 0.5) is 4.39 Å². The number of methoxy groups -OCH3 is 2. The highest BCUT2D eigenvalue weighted by Crippen LogP contribution is 2.35. The standard InChI is InChI=1S/C22H23FN2O3/c1-27-19-4-3-5-20(28-2)21(19)22(26)25-10-8-14(9-11-25)17-13-24-18-7-6-15(23)12-16(17)18/h3-7,12-14,24H,8-11H2,1-2H3. The molecule has 28 heavy (non-hydrogen) atoms. The fourth-order valence-electron chi connectivity index (χ4n) is 4.07. The number of likely N-dealkylation sites (tertiary alicyclic amines) is 1. The fraction of sp³-hybridized carbons (Fsp3) is 0.318. The molecule has 0 radical (unpaired) electrons. The Kier molecular flexibility index (Phi) is 4.94. The molecule has 2 heterocycles. The van der Waals surface area contributed by atoms with Gasteiger partial charge in [-0.1, -0.05) is 6.07 Å². The van der Waals surface area contributed by atoms with Crippen molar-refractivity contribution in [2.75, 3.05) is 27.3 Å². The molecule has 1 saturated heterocycles. The Bertz CT molecular complexity index is 984. The van der Waals surface area contributed by atoms with Crippen LogP contribution in [0, 0.1) is 5.82 Å². The van der Waals surface area contributed by atoms with E-state index in [1.807, 2.05) is 11.1 Å². The number of ether oxygens (including phenoxy) is 2. The predicted molar refractivity (Wildman–Crippen MR) is 106 cm³/mol. The maximum absolute atomic E-state index is 13.7. The second kappa shape index (κ2) is 7.54. The van der Waals surface area contributed by atoms with Crippen LogP contribution in [0.3, 0.4) is 0 Å². The number of hydrogen-bond acceptors (Lipinski definition) is 3. The Morgan fingerprint density at radius 3 is 2.43 bits per heavy atom. The van der Waals surface area contributed by atoms with Gasteiger partial charge in [0.15, 0.2) is 0 Å². The minimum atomic E-state index is -0.232. The van der Waals surface area contributed by atoms with E-state index >= 15 is 0 Å². The van der Waals surface area contributed by atoms with Crippen LogP contribution in [-0.2, 0) is 0 Å². The topological polar surface area (TPSA) is 54.6 Å². The van der Waals surface area contributed by atoms with Gasteiger partial charge in [-0.05, 0) is 54.7 Å². The average molecular weight is 382 g/mol. The fourth-order valence-corrected chi connectivity index (χ4v) is 4.07. The van der Waals surface area contributed by atoms with Crippen LogP contribution in [0.2, 0.25) is 0 Å². The van der Waals surface area contributed by atoms with E-state index in [2.05, 4.69) is 4.98 Å². The molecule has 4 rings (SSSR count). The summed E-state index contributed by atoms with van der Waals surface area (Å²) in [5, 5.41) is 0.927. The van der Waals surface area contributed by atoms with Gasteiger partial charge in [-0.3, -0.25) is 4.79 Å². The zero-order valence-corrected chi connectivity index (χ0v) is 16.0. The minimum Gasteiger partial charge on any atom is -0.496 e. The van der Waals surface area contributed by atoms with Gasteiger partial charge in [0, 0.05) is 30.2 Å². The Morgan fingerprint density at radius 2 is 1.79 bits per heavy atom. The van der Waals surface area contributed by atoms with Crippen molar-refractivity contribution in [3.63, 3.8) is 0 Å². The number of H-pyrrole nitrogens is 1. The van der Waals surface area contributed by atoms with Gasteiger partial charge in [0.25, 0.3) is 5.91 Å². The Hall–Kier alpha value is -3.02. The molecule has 3 aromatic rings. The molecule has 146 valence electrons. The first kappa shape index (κ1) is 18.3. The van der Waals surface area contributed by atoms with E-state index in [9.17, 15) is 9.18 Å². The third kappa shape index (κ3) is 3.19. The van der Waals surface area contributed by atoms with E-state index in [0.29, 0.717) is 36.1 Å². The van der Waals surface area contributed by atoms with Gasteiger partial charge in [0.1, 0.15) is 22.9 Å². The summed E-state index contributed by atoms with van der Waals surface area (Å²) >= 11 is 0. The van der Waals surface area contributed by atoms with E-state index in [1.165, 1.54) is 6.07 Å². The van der Waals surface area contributed by atoms with E-state index in [1.54, 1.807) is 44.6 Å². The molecular formula is C22H23FN2O3. The third-order valence-electron chi connectivity index (χ3n) is 5.54. The maximum Gasteiger partial charge on any atom is 0.261 e. The van der Waals surface area contributed by atoms with Crippen LogP contribution in [0.25, 0.3) is 10.9 Å². The molecule has 0 aliphatic carbocycles. The number of carbonyl (C=O) groups excluding carboxylic acids is 1. The molecule has 0 unspecified atom stereocenters. The molecule has 2 aromatic carbocycles. The van der Waals surface area contributed by atoms with E-state index in [4.69, 9.17) is 9.47 Å². The zero-order valence-electron chi connectivity index (χ0n) is 16.0. The third-order valence-corrected chi connectivity index (χ3v) is 5.54. The first-order valence-corrected chi connectivity index (χ1v) is 9.39. The molecule has 1 aliphatic heterocycles. The lowest BCUT2D eigenvalue weighted by atomic mass is 9.89. The van der Waals surface area contributed by atoms with Crippen LogP contribution in [0.5, 0.6) is 11.5 Å². The SMILES string of the molecule is COc1cccc(OC)c1C(=O)N1CCC(c2c[nH]c3ccc(F)cc23)CC1. The van der Waals surface area contributed by atoms with Crippen LogP contribution in [0.15, 0.2) is 42.6 Å². The molecule has 1 N–H and O–H groups in total. The summed E-state index contributed by atoms with van der Waals surface area (Å²) in [5.41, 5.74) is 2.52. The summed E-state index contributed by atoms with van der Waals surface area (Å²) in [6, 6.07) is 10.1. The number of nitrogens with one attached hydrogen (secondary N) is 1. The number of hydrogen-bond donors (Lipinski definition) is 1. The molecule has 0 spiro atoms. The first-order valence-electron chi connectivity index (χ1n) is 9.39. The molecule has 0 bridgehead atoms. The highest BCUT2D eigenvalue weighted by Gasteiger charge is 2.29. The quantitative estimate of drug-likeness (QED) is 0.730. The van der Waals surface area contributed by atoms with Crippen molar-refractivity contribution in [1.29, 1.82) is 0 Å². The second-order valence-corrected chi connectivity index (χ2v) is 7.04. The minimum absolute atomic E-state index is 0.0854. The first-order chi connectivity index (χ1) is 13.6. The Balaban J connectivity index is 1.53. The van der Waals surface area contributed by atoms with Crippen molar-refractivity contribution in [3.05, 3.63) is 59.5 Å². The molecule has 0 saturated carbocycles. The van der Waals surface area contributed by atoms with Crippen molar-refractivity contribution in [2.45, 2.75) is 18.8 Å². The number of nitrogens with zero attached hydrogens (tertiary/aromatic N) is 1. The number of fused-ring (bicyclic) bond motifs is 1. The molecule has 1 aromatic heterocycles. The number of benzene rings is 2. The van der Waals surface area contributed by atoms with Crippen molar-refractivity contribution >= 4 is 16.8 Å². The molecule has 6 heteroatoms. The van der Waals surface area contributed by atoms with Gasteiger partial charge < -0.3 is 19.4 Å². The van der Waals surface area contributed by atoms with E-state index in [-0.39, 0.29) is 11.7 Å². The summed E-state index contributed by atoms with van der Waals surface area (Å²) < 4.78 is 24.4. The summed E-state index contributed by atoms with van der Waals surface area (Å²) in [7, 11) is 3.10. The van der Waals surface area contributed by atoms with Gasteiger partial charge >= 0.3 is 0 Å². The van der Waals surface area contributed by atoms with Crippen LogP contribution in [0.1, 0.15) is 34.7 Å². The van der Waals surface area contributed by atoms with Crippen molar-refractivity contribution in [3.8, 4) is 11.5 Å². The number of carbonyl (C=O) groups is 1. The normalized spacial score (nSPS) is 15.0. The van der Waals surface area contributed by atoms with Crippen molar-refractivity contribution < 1.29 is 18.7 Å². The lowest BCUT2D eigenvalue weighted by Gasteiger charge is -2.32. The smallest absolute Gasteiger partial charge is 0.261 e. The zero-order chi connectivity index (χ0) is 19.7. The van der Waals surface area contributed by atoms with Gasteiger partial charge in [-0.25, -0.2) is 4.39 Å². The molecule has 5 nitrogen and oxygen atoms in total. The number of piperidine rings is 1. The summed E-state index contributed by atoms with van der Waals surface area (Å²) in [5.74, 6) is 0.998. The monoisotopic (exact) mass is 382 g/mol. The lowest BCUT2D eigenvalue weighted by Crippen LogP contribution is -2.38. The van der Waals surface area contributed by atoms with Crippen molar-refractivity contribution in [1.82, 2.24) is 9.88 Å². The Morgan fingerprint density at radius 1 is 1.11 bits per heavy atom. The predicted octanol–water partition coefficient (Wildman–Crippen LogP) is 4.34. The molecular weight excluding hydrogens is 359 g/mol. The molecule has 0 atom stereocenters. The summed E-state index contributed by atoms with van der Waals surface area (Å²) in [4.78, 5) is 18.2. The van der Waals surface area contributed by atoms with Gasteiger partial charge in [0.05, 0.1) is 14.2 Å². The number of aromatic nitrogens is 1. The van der Waals surface area contributed by atoms with Gasteiger partial charge in [0.2, 0.25) is 0 Å². The number of rotatable bonds is 4. The van der Waals surface area contributed by atoms with E-state index in [0.717, 1.165) is 29.3 Å². The summed E-state index contributed by atoms with van der Waals surface area (Å²) in [6.07, 6.45) is 3.62. The largest absolute Gasteiger partial charge is 0.496 e. The lowest BCUT2D eigenvalue weighted by molar-refractivity contribution is 0.0706. The summed E-state index contributed by atoms with van der Waals surface area (Å²) in [6.45, 7) is 1.26. The van der Waals surface area contributed by atoms with Crippen LogP contribution in [-0.4, -0.2) is 43.1 Å². The van der Waals surface area contributed by atoms with E-state index < -0.39 is 0 Å². The Labute approximate surface area is 163 Å². The molecule has 1 amide bonds. The van der Waals surface area contributed by atoms with Crippen molar-refractivity contribution in [2.24, 2.45) is 0 Å². The van der Waals surface area contributed by atoms with Gasteiger partial charge in [-0.2, -0.15) is 0 Å². The number of amides is 1. The van der Waals surface area contributed by atoms with Gasteiger partial charge in [-0.15, -0.1) is 0 Å². The average Bonchev–Trinajstić information content (AvgIpc) is 3.15. The van der Waals surface area contributed by atoms with Crippen LogP contribution < -0.4 is 9.47 Å².